The molecule has 1 saturated heterocycles. The number of aryl methyl sites for hydroxylation is 1. The van der Waals surface area contributed by atoms with Crippen molar-refractivity contribution in [2.75, 3.05) is 33.4 Å². The van der Waals surface area contributed by atoms with Crippen LogP contribution >= 0.6 is 11.6 Å². The Kier molecular flexibility index (Phi) is 5.73. The van der Waals surface area contributed by atoms with Crippen LogP contribution in [-0.4, -0.2) is 65.3 Å². The molecule has 9 heteroatoms. The molecule has 1 spiro atoms. The van der Waals surface area contributed by atoms with E-state index in [1.165, 1.54) is 19.2 Å². The number of halogens is 2. The number of hydrogen-bond acceptors (Lipinski definition) is 6. The number of piperidine rings is 1. The smallest absolute Gasteiger partial charge is 0.282 e. The molecule has 0 bridgehead atoms. The molecule has 27 heavy (non-hydrogen) atoms. The van der Waals surface area contributed by atoms with Crippen LogP contribution in [0.1, 0.15) is 24.0 Å². The third kappa shape index (κ3) is 3.32. The molecule has 0 saturated carbocycles. The van der Waals surface area contributed by atoms with Crippen molar-refractivity contribution in [1.82, 2.24) is 10.1 Å². The molecule has 2 N–H and O–H groups in total. The monoisotopic (exact) mass is 400 g/mol. The molecule has 3 rings (SSSR count). The normalized spacial score (nSPS) is 20.2. The van der Waals surface area contributed by atoms with Crippen molar-refractivity contribution in [3.63, 3.8) is 0 Å². The van der Waals surface area contributed by atoms with Crippen LogP contribution in [-0.2, 0) is 14.4 Å². The summed E-state index contributed by atoms with van der Waals surface area (Å²) >= 11 is 6.27. The SMILES string of the molecule is COCCON1C(=O)C(c2c(F)ccc(C)c2Cl)=C(O)C12CCN(O)CC2. The lowest BCUT2D eigenvalue weighted by Gasteiger charge is -2.41. The number of hydrogen-bond donors (Lipinski definition) is 2. The Hall–Kier alpha value is -1.71. The number of aliphatic hydroxyl groups is 1. The predicted molar refractivity (Wildman–Crippen MR) is 95.7 cm³/mol. The van der Waals surface area contributed by atoms with Crippen LogP contribution in [0.25, 0.3) is 5.57 Å². The maximum absolute atomic E-state index is 14.6. The molecule has 0 aromatic heterocycles. The molecule has 1 amide bonds. The van der Waals surface area contributed by atoms with Crippen LogP contribution in [0.15, 0.2) is 17.9 Å². The van der Waals surface area contributed by atoms with Crippen molar-refractivity contribution in [3.05, 3.63) is 39.9 Å². The van der Waals surface area contributed by atoms with Crippen LogP contribution in [0.3, 0.4) is 0 Å². The van der Waals surface area contributed by atoms with Gasteiger partial charge in [0.05, 0.1) is 23.8 Å². The number of methoxy groups -OCH3 is 1. The number of rotatable bonds is 5. The highest BCUT2D eigenvalue weighted by atomic mass is 35.5. The summed E-state index contributed by atoms with van der Waals surface area (Å²) in [6.45, 7) is 2.45. The first-order valence-electron chi connectivity index (χ1n) is 8.62. The van der Waals surface area contributed by atoms with E-state index in [0.29, 0.717) is 5.56 Å². The van der Waals surface area contributed by atoms with Crippen LogP contribution in [0.2, 0.25) is 5.02 Å². The molecule has 2 aliphatic heterocycles. The molecule has 2 heterocycles. The minimum Gasteiger partial charge on any atom is -0.509 e. The maximum atomic E-state index is 14.6. The second-order valence-corrected chi connectivity index (χ2v) is 7.07. The second kappa shape index (κ2) is 7.73. The second-order valence-electron chi connectivity index (χ2n) is 6.69. The molecule has 0 atom stereocenters. The van der Waals surface area contributed by atoms with Crippen molar-refractivity contribution in [2.45, 2.75) is 25.3 Å². The van der Waals surface area contributed by atoms with Gasteiger partial charge in [-0.3, -0.25) is 9.63 Å². The van der Waals surface area contributed by atoms with E-state index >= 15 is 0 Å². The highest BCUT2D eigenvalue weighted by Gasteiger charge is 2.55. The molecule has 0 radical (unpaired) electrons. The minimum absolute atomic E-state index is 0.0679. The lowest BCUT2D eigenvalue weighted by Crippen LogP contribution is -2.54. The van der Waals surface area contributed by atoms with Gasteiger partial charge < -0.3 is 15.1 Å². The van der Waals surface area contributed by atoms with Crippen molar-refractivity contribution in [2.24, 2.45) is 0 Å². The number of carbonyl (C=O) groups is 1. The number of hydroxylamine groups is 4. The zero-order chi connectivity index (χ0) is 19.8. The van der Waals surface area contributed by atoms with Gasteiger partial charge in [0.15, 0.2) is 0 Å². The van der Waals surface area contributed by atoms with Gasteiger partial charge in [-0.15, -0.1) is 0 Å². The Morgan fingerprint density at radius 3 is 2.59 bits per heavy atom. The van der Waals surface area contributed by atoms with Gasteiger partial charge in [-0.2, -0.15) is 5.06 Å². The molecule has 0 unspecified atom stereocenters. The van der Waals surface area contributed by atoms with Gasteiger partial charge in [0, 0.05) is 25.8 Å². The zero-order valence-corrected chi connectivity index (χ0v) is 15.9. The fourth-order valence-corrected chi connectivity index (χ4v) is 3.78. The molecule has 148 valence electrons. The van der Waals surface area contributed by atoms with Gasteiger partial charge in [-0.25, -0.2) is 9.45 Å². The van der Waals surface area contributed by atoms with E-state index in [1.54, 1.807) is 6.92 Å². The zero-order valence-electron chi connectivity index (χ0n) is 15.2. The van der Waals surface area contributed by atoms with E-state index in [1.807, 2.05) is 0 Å². The fourth-order valence-electron chi connectivity index (χ4n) is 3.54. The van der Waals surface area contributed by atoms with Crippen LogP contribution in [0, 0.1) is 12.7 Å². The van der Waals surface area contributed by atoms with E-state index in [4.69, 9.17) is 21.2 Å². The first-order valence-corrected chi connectivity index (χ1v) is 9.00. The third-order valence-electron chi connectivity index (χ3n) is 5.07. The number of aliphatic hydroxyl groups excluding tert-OH is 1. The summed E-state index contributed by atoms with van der Waals surface area (Å²) in [6, 6.07) is 2.71. The summed E-state index contributed by atoms with van der Waals surface area (Å²) in [6.07, 6.45) is 0.450. The van der Waals surface area contributed by atoms with E-state index < -0.39 is 17.3 Å². The van der Waals surface area contributed by atoms with Crippen molar-refractivity contribution < 1.29 is 29.1 Å². The molecular formula is C18H22ClFN2O5. The number of ether oxygens (including phenoxy) is 1. The van der Waals surface area contributed by atoms with Crippen LogP contribution in [0.5, 0.6) is 0 Å². The molecule has 2 aliphatic rings. The van der Waals surface area contributed by atoms with E-state index in [2.05, 4.69) is 0 Å². The highest BCUT2D eigenvalue weighted by molar-refractivity contribution is 6.36. The summed E-state index contributed by atoms with van der Waals surface area (Å²) in [5.74, 6) is -1.65. The van der Waals surface area contributed by atoms with Gasteiger partial charge in [0.25, 0.3) is 5.91 Å². The van der Waals surface area contributed by atoms with Crippen molar-refractivity contribution in [1.29, 1.82) is 0 Å². The van der Waals surface area contributed by atoms with E-state index in [0.717, 1.165) is 10.1 Å². The quantitative estimate of drug-likeness (QED) is 0.739. The Bertz CT molecular complexity index is 777. The number of benzene rings is 1. The average Bonchev–Trinajstić information content (AvgIpc) is 2.84. The van der Waals surface area contributed by atoms with E-state index in [9.17, 15) is 19.5 Å². The molecule has 1 aromatic rings. The minimum atomic E-state index is -1.18. The fraction of sp³-hybridized carbons (Fsp3) is 0.500. The van der Waals surface area contributed by atoms with Crippen LogP contribution in [0.4, 0.5) is 4.39 Å². The van der Waals surface area contributed by atoms with Gasteiger partial charge in [0.1, 0.15) is 17.1 Å². The van der Waals surface area contributed by atoms with E-state index in [-0.39, 0.29) is 61.1 Å². The molecule has 7 nitrogen and oxygen atoms in total. The first kappa shape index (κ1) is 20.0. The number of amides is 1. The van der Waals surface area contributed by atoms with Gasteiger partial charge >= 0.3 is 0 Å². The third-order valence-corrected chi connectivity index (χ3v) is 5.56. The number of carbonyl (C=O) groups excluding carboxylic acids is 1. The number of nitrogens with zero attached hydrogens (tertiary/aromatic N) is 2. The summed E-state index contributed by atoms with van der Waals surface area (Å²) in [5, 5.41) is 23.0. The summed E-state index contributed by atoms with van der Waals surface area (Å²) in [5.41, 5.74) is -0.939. The lowest BCUT2D eigenvalue weighted by molar-refractivity contribution is -0.231. The Balaban J connectivity index is 2.10. The lowest BCUT2D eigenvalue weighted by atomic mass is 9.86. The first-order chi connectivity index (χ1) is 12.8. The molecule has 1 aromatic carbocycles. The average molecular weight is 401 g/mol. The predicted octanol–water partition coefficient (Wildman–Crippen LogP) is 2.70. The molecule has 1 fully saturated rings. The van der Waals surface area contributed by atoms with Gasteiger partial charge in [-0.05, 0) is 31.4 Å². The molecular weight excluding hydrogens is 379 g/mol. The van der Waals surface area contributed by atoms with Gasteiger partial charge in [0.2, 0.25) is 0 Å². The highest BCUT2D eigenvalue weighted by Crippen LogP contribution is 2.47. The standard InChI is InChI=1S/C18H22ClFN2O5/c1-11-3-4-12(20)13(15(11)19)14-16(23)18(5-7-21(25)8-6-18)22(17(14)24)27-10-9-26-2/h3-4,23,25H,5-10H2,1-2H3. The Labute approximate surface area is 161 Å². The summed E-state index contributed by atoms with van der Waals surface area (Å²) in [4.78, 5) is 18.7. The summed E-state index contributed by atoms with van der Waals surface area (Å²) in [7, 11) is 1.50. The Morgan fingerprint density at radius 2 is 1.96 bits per heavy atom. The van der Waals surface area contributed by atoms with Crippen molar-refractivity contribution >= 4 is 23.1 Å². The largest absolute Gasteiger partial charge is 0.509 e. The summed E-state index contributed by atoms with van der Waals surface area (Å²) < 4.78 is 19.5. The Morgan fingerprint density at radius 1 is 1.30 bits per heavy atom. The van der Waals surface area contributed by atoms with Crippen LogP contribution < -0.4 is 0 Å². The topological polar surface area (TPSA) is 82.5 Å². The van der Waals surface area contributed by atoms with Gasteiger partial charge in [-0.1, -0.05) is 17.7 Å². The maximum Gasteiger partial charge on any atom is 0.282 e. The van der Waals surface area contributed by atoms with Crippen molar-refractivity contribution in [3.8, 4) is 0 Å². The molecule has 0 aliphatic carbocycles.